The van der Waals surface area contributed by atoms with E-state index in [1.807, 2.05) is 24.5 Å². The summed E-state index contributed by atoms with van der Waals surface area (Å²) < 4.78 is 0. The molecule has 32 heavy (non-hydrogen) atoms. The SMILES string of the molecule is Cc1cnc(CN(CCCCNC(=O)c2ccc(O)nc2)C(C)c2ccccn2)c(C)c1. The predicted octanol–water partition coefficient (Wildman–Crippen LogP) is 3.97. The Morgan fingerprint density at radius 1 is 1.09 bits per heavy atom. The average Bonchev–Trinajstić information content (AvgIpc) is 2.80. The van der Waals surface area contributed by atoms with E-state index in [-0.39, 0.29) is 17.8 Å². The van der Waals surface area contributed by atoms with Gasteiger partial charge in [-0.25, -0.2) is 4.98 Å². The van der Waals surface area contributed by atoms with Crippen molar-refractivity contribution in [2.75, 3.05) is 13.1 Å². The summed E-state index contributed by atoms with van der Waals surface area (Å²) in [6.45, 7) is 8.52. The van der Waals surface area contributed by atoms with Gasteiger partial charge in [0.15, 0.2) is 0 Å². The van der Waals surface area contributed by atoms with E-state index in [2.05, 4.69) is 58.1 Å². The van der Waals surface area contributed by atoms with Gasteiger partial charge in [0.05, 0.1) is 17.0 Å². The summed E-state index contributed by atoms with van der Waals surface area (Å²) in [5, 5.41) is 12.2. The number of nitrogens with zero attached hydrogens (tertiary/aromatic N) is 4. The van der Waals surface area contributed by atoms with E-state index in [1.165, 1.54) is 17.8 Å². The molecule has 0 aliphatic rings. The number of carbonyl (C=O) groups excluding carboxylic acids is 1. The molecule has 3 rings (SSSR count). The van der Waals surface area contributed by atoms with Crippen LogP contribution >= 0.6 is 0 Å². The van der Waals surface area contributed by atoms with Crippen LogP contribution in [0.5, 0.6) is 5.88 Å². The van der Waals surface area contributed by atoms with Gasteiger partial charge in [-0.15, -0.1) is 0 Å². The van der Waals surface area contributed by atoms with E-state index in [0.717, 1.165) is 42.9 Å². The van der Waals surface area contributed by atoms with Crippen molar-refractivity contribution in [2.24, 2.45) is 0 Å². The zero-order valence-corrected chi connectivity index (χ0v) is 19.0. The first-order chi connectivity index (χ1) is 15.4. The molecule has 7 nitrogen and oxygen atoms in total. The molecule has 3 heterocycles. The van der Waals surface area contributed by atoms with Crippen LogP contribution in [0.3, 0.4) is 0 Å². The molecular formula is C25H31N5O2. The van der Waals surface area contributed by atoms with Gasteiger partial charge < -0.3 is 10.4 Å². The lowest BCUT2D eigenvalue weighted by molar-refractivity contribution is 0.0951. The number of aromatic nitrogens is 3. The highest BCUT2D eigenvalue weighted by atomic mass is 16.3. The second-order valence-electron chi connectivity index (χ2n) is 8.05. The first-order valence-electron chi connectivity index (χ1n) is 10.9. The molecule has 0 aliphatic carbocycles. The van der Waals surface area contributed by atoms with Crippen LogP contribution in [-0.4, -0.2) is 44.0 Å². The molecule has 2 N–H and O–H groups in total. The van der Waals surface area contributed by atoms with Crippen molar-refractivity contribution in [3.63, 3.8) is 0 Å². The van der Waals surface area contributed by atoms with E-state index in [0.29, 0.717) is 12.1 Å². The minimum absolute atomic E-state index is 0.0954. The number of amides is 1. The standard InChI is InChI=1S/C25H31N5O2/c1-18-14-19(2)23(28-15-18)17-30(20(3)22-8-4-5-11-26-22)13-7-6-12-27-25(32)21-9-10-24(31)29-16-21/h4-5,8-11,14-16,20H,6-7,12-13,17H2,1-3H3,(H,27,32)(H,29,31). The van der Waals surface area contributed by atoms with Gasteiger partial charge in [0.1, 0.15) is 0 Å². The normalized spacial score (nSPS) is 12.0. The van der Waals surface area contributed by atoms with E-state index in [1.54, 1.807) is 6.07 Å². The van der Waals surface area contributed by atoms with Crippen LogP contribution in [0.4, 0.5) is 0 Å². The highest BCUT2D eigenvalue weighted by molar-refractivity contribution is 5.93. The molecule has 0 radical (unpaired) electrons. The molecule has 0 fully saturated rings. The molecule has 1 unspecified atom stereocenters. The van der Waals surface area contributed by atoms with Gasteiger partial charge in [0.2, 0.25) is 5.88 Å². The van der Waals surface area contributed by atoms with Crippen LogP contribution < -0.4 is 5.32 Å². The lowest BCUT2D eigenvalue weighted by atomic mass is 10.1. The van der Waals surface area contributed by atoms with Crippen molar-refractivity contribution < 1.29 is 9.90 Å². The molecule has 0 aliphatic heterocycles. The Hall–Kier alpha value is -3.32. The molecule has 3 aromatic heterocycles. The number of rotatable bonds is 10. The lowest BCUT2D eigenvalue weighted by Gasteiger charge is -2.29. The van der Waals surface area contributed by atoms with Crippen molar-refractivity contribution in [1.82, 2.24) is 25.2 Å². The van der Waals surface area contributed by atoms with Crippen LogP contribution in [0.25, 0.3) is 0 Å². The summed E-state index contributed by atoms with van der Waals surface area (Å²) in [7, 11) is 0. The topological polar surface area (TPSA) is 91.2 Å². The Kier molecular flexibility index (Phi) is 8.27. The van der Waals surface area contributed by atoms with E-state index >= 15 is 0 Å². The van der Waals surface area contributed by atoms with Gasteiger partial charge in [-0.05, 0) is 69.5 Å². The van der Waals surface area contributed by atoms with Crippen LogP contribution in [-0.2, 0) is 6.54 Å². The van der Waals surface area contributed by atoms with Gasteiger partial charge in [0, 0.05) is 43.8 Å². The summed E-state index contributed by atoms with van der Waals surface area (Å²) in [5.41, 5.74) is 4.90. The first kappa shape index (κ1) is 23.3. The van der Waals surface area contributed by atoms with Gasteiger partial charge in [-0.1, -0.05) is 12.1 Å². The van der Waals surface area contributed by atoms with Crippen LogP contribution in [0.2, 0.25) is 0 Å². The number of hydrogen-bond donors (Lipinski definition) is 2. The van der Waals surface area contributed by atoms with Crippen molar-refractivity contribution in [1.29, 1.82) is 0 Å². The summed E-state index contributed by atoms with van der Waals surface area (Å²) in [6, 6.07) is 11.3. The smallest absolute Gasteiger partial charge is 0.252 e. The molecule has 1 amide bonds. The average molecular weight is 434 g/mol. The second-order valence-corrected chi connectivity index (χ2v) is 8.05. The Labute approximate surface area is 189 Å². The largest absolute Gasteiger partial charge is 0.493 e. The molecule has 1 atom stereocenters. The fourth-order valence-corrected chi connectivity index (χ4v) is 3.59. The van der Waals surface area contributed by atoms with Gasteiger partial charge in [-0.3, -0.25) is 19.7 Å². The Balaban J connectivity index is 1.57. The molecule has 0 saturated carbocycles. The maximum absolute atomic E-state index is 12.2. The third-order valence-corrected chi connectivity index (χ3v) is 5.51. The fraction of sp³-hybridized carbons (Fsp3) is 0.360. The number of pyridine rings is 3. The molecule has 0 bridgehead atoms. The third-order valence-electron chi connectivity index (χ3n) is 5.51. The van der Waals surface area contributed by atoms with Crippen molar-refractivity contribution >= 4 is 5.91 Å². The third kappa shape index (κ3) is 6.59. The van der Waals surface area contributed by atoms with Gasteiger partial charge in [-0.2, -0.15) is 0 Å². The maximum Gasteiger partial charge on any atom is 0.252 e. The van der Waals surface area contributed by atoms with Crippen molar-refractivity contribution in [3.05, 3.63) is 83.1 Å². The number of hydrogen-bond acceptors (Lipinski definition) is 6. The molecule has 168 valence electrons. The minimum atomic E-state index is -0.185. The highest BCUT2D eigenvalue weighted by Gasteiger charge is 2.18. The Bertz CT molecular complexity index is 1010. The fourth-order valence-electron chi connectivity index (χ4n) is 3.59. The summed E-state index contributed by atoms with van der Waals surface area (Å²) in [5.74, 6) is -0.280. The number of aromatic hydroxyl groups is 1. The number of carbonyl (C=O) groups is 1. The van der Waals surface area contributed by atoms with Crippen LogP contribution in [0.1, 0.15) is 58.7 Å². The van der Waals surface area contributed by atoms with Crippen molar-refractivity contribution in [3.8, 4) is 5.88 Å². The van der Waals surface area contributed by atoms with Gasteiger partial charge in [0.25, 0.3) is 5.91 Å². The monoisotopic (exact) mass is 433 g/mol. The first-order valence-corrected chi connectivity index (χ1v) is 10.9. The molecule has 3 aromatic rings. The molecule has 7 heteroatoms. The summed E-state index contributed by atoms with van der Waals surface area (Å²) in [6.07, 6.45) is 6.89. The lowest BCUT2D eigenvalue weighted by Crippen LogP contribution is -2.30. The molecule has 0 aromatic carbocycles. The van der Waals surface area contributed by atoms with E-state index in [9.17, 15) is 9.90 Å². The minimum Gasteiger partial charge on any atom is -0.493 e. The quantitative estimate of drug-likeness (QED) is 0.470. The zero-order valence-electron chi connectivity index (χ0n) is 19.0. The number of aryl methyl sites for hydroxylation is 2. The summed E-state index contributed by atoms with van der Waals surface area (Å²) in [4.78, 5) is 27.5. The number of unbranched alkanes of at least 4 members (excludes halogenated alkanes) is 1. The van der Waals surface area contributed by atoms with Gasteiger partial charge >= 0.3 is 0 Å². The Morgan fingerprint density at radius 2 is 1.94 bits per heavy atom. The van der Waals surface area contributed by atoms with E-state index < -0.39 is 0 Å². The van der Waals surface area contributed by atoms with Crippen LogP contribution in [0, 0.1) is 13.8 Å². The highest BCUT2D eigenvalue weighted by Crippen LogP contribution is 2.22. The Morgan fingerprint density at radius 3 is 2.62 bits per heavy atom. The molecule has 0 spiro atoms. The maximum atomic E-state index is 12.2. The zero-order chi connectivity index (χ0) is 22.9. The van der Waals surface area contributed by atoms with Crippen molar-refractivity contribution in [2.45, 2.75) is 46.2 Å². The molecule has 0 saturated heterocycles. The number of nitrogens with one attached hydrogen (secondary N) is 1. The van der Waals surface area contributed by atoms with E-state index in [4.69, 9.17) is 0 Å². The summed E-state index contributed by atoms with van der Waals surface area (Å²) >= 11 is 0. The molecular weight excluding hydrogens is 402 g/mol. The predicted molar refractivity (Wildman–Crippen MR) is 124 cm³/mol. The second kappa shape index (κ2) is 11.3. The van der Waals surface area contributed by atoms with Crippen LogP contribution in [0.15, 0.2) is 55.0 Å².